The molecule has 4 aliphatic carbocycles. The van der Waals surface area contributed by atoms with Crippen molar-refractivity contribution < 1.29 is 9.90 Å². The molecule has 4 bridgehead atoms. The molecule has 2 aliphatic heterocycles. The first-order valence-electron chi connectivity index (χ1n) is 15.8. The van der Waals surface area contributed by atoms with Crippen LogP contribution in [0.4, 0.5) is 23.5 Å². The van der Waals surface area contributed by atoms with Gasteiger partial charge < -0.3 is 48.5 Å². The monoisotopic (exact) mass is 591 g/mol. The number of anilines is 4. The molecule has 0 spiro atoms. The first kappa shape index (κ1) is 28.5. The van der Waals surface area contributed by atoms with Crippen LogP contribution < -0.4 is 43.4 Å². The Morgan fingerprint density at radius 2 is 1.26 bits per heavy atom. The lowest BCUT2D eigenvalue weighted by Crippen LogP contribution is -2.59. The highest BCUT2D eigenvalue weighted by atomic mass is 16.3. The highest BCUT2D eigenvalue weighted by Crippen LogP contribution is 2.55. The van der Waals surface area contributed by atoms with Crippen molar-refractivity contribution >= 4 is 29.4 Å². The number of phenols is 1. The molecule has 1 aromatic heterocycles. The SMILES string of the molecule is N[C@@H]1C[C@H](N)CN(c2nc(Nc3ccc(C(=O)NC45CC6CC(CC(C6)C4)C5)c(O)c3)nc(N3C[C@H](N)C[C@H](N)C3)n2)C1. The van der Waals surface area contributed by atoms with E-state index in [-0.39, 0.29) is 46.9 Å². The summed E-state index contributed by atoms with van der Waals surface area (Å²) in [6.07, 6.45) is 8.52. The van der Waals surface area contributed by atoms with Crippen LogP contribution in [0.3, 0.4) is 0 Å². The first-order chi connectivity index (χ1) is 20.6. The van der Waals surface area contributed by atoms with Crippen LogP contribution in [0.2, 0.25) is 0 Å². The van der Waals surface area contributed by atoms with Gasteiger partial charge in [0.25, 0.3) is 5.91 Å². The Morgan fingerprint density at radius 1 is 0.767 bits per heavy atom. The van der Waals surface area contributed by atoms with E-state index >= 15 is 0 Å². The second-order valence-electron chi connectivity index (χ2n) is 14.1. The number of carbonyl (C=O) groups is 1. The highest BCUT2D eigenvalue weighted by Gasteiger charge is 2.51. The molecule has 43 heavy (non-hydrogen) atoms. The number of nitrogens with zero attached hydrogens (tertiary/aromatic N) is 5. The predicted molar refractivity (Wildman–Crippen MR) is 165 cm³/mol. The molecule has 6 fully saturated rings. The molecule has 2 aromatic rings. The molecular weight excluding hydrogens is 546 g/mol. The molecule has 4 saturated carbocycles. The molecule has 6 aliphatic rings. The number of phenolic OH excluding ortho intramolecular Hbond substituents is 1. The van der Waals surface area contributed by atoms with Crippen molar-refractivity contribution in [1.82, 2.24) is 20.3 Å². The zero-order valence-electron chi connectivity index (χ0n) is 24.7. The summed E-state index contributed by atoms with van der Waals surface area (Å²) >= 11 is 0. The van der Waals surface area contributed by atoms with E-state index in [0.717, 1.165) is 49.9 Å². The molecule has 2 saturated heterocycles. The summed E-state index contributed by atoms with van der Waals surface area (Å²) in [5.41, 5.74) is 25.8. The minimum absolute atomic E-state index is 0.0914. The van der Waals surface area contributed by atoms with Crippen LogP contribution in [0.1, 0.15) is 61.7 Å². The van der Waals surface area contributed by atoms with Gasteiger partial charge in [-0.25, -0.2) is 0 Å². The number of benzene rings is 1. The first-order valence-corrected chi connectivity index (χ1v) is 15.8. The van der Waals surface area contributed by atoms with E-state index in [1.54, 1.807) is 12.1 Å². The standard InChI is InChI=1S/C30H45N11O2/c31-19-6-20(32)13-40(12-19)28-36-27(37-29(38-28)41-14-21(33)7-22(34)15-41)35-23-1-2-24(25(42)8-23)26(43)39-30-9-16-3-17(10-30)5-18(4-16)11-30/h1-2,8,16-22,42H,3-7,9-15,31-34H2,(H,39,43)(H,35,36,37,38)/t16?,17?,18?,19-,20+,21-,22+,30?. The fourth-order valence-corrected chi connectivity index (χ4v) is 8.88. The quantitative estimate of drug-likeness (QED) is 0.248. The summed E-state index contributed by atoms with van der Waals surface area (Å²) in [4.78, 5) is 31.5. The fraction of sp³-hybridized carbons (Fsp3) is 0.667. The number of rotatable bonds is 6. The van der Waals surface area contributed by atoms with Gasteiger partial charge in [-0.3, -0.25) is 4.79 Å². The number of hydrogen-bond acceptors (Lipinski definition) is 12. The third kappa shape index (κ3) is 5.95. The smallest absolute Gasteiger partial charge is 0.255 e. The van der Waals surface area contributed by atoms with Crippen molar-refractivity contribution in [2.75, 3.05) is 41.3 Å². The average Bonchev–Trinajstić information content (AvgIpc) is 2.91. The summed E-state index contributed by atoms with van der Waals surface area (Å²) in [6, 6.07) is 4.59. The van der Waals surface area contributed by atoms with Gasteiger partial charge in [-0.15, -0.1) is 0 Å². The van der Waals surface area contributed by atoms with Crippen molar-refractivity contribution in [3.8, 4) is 5.75 Å². The maximum Gasteiger partial charge on any atom is 0.255 e. The van der Waals surface area contributed by atoms with Gasteiger partial charge in [0.05, 0.1) is 5.56 Å². The molecule has 0 unspecified atom stereocenters. The molecule has 3 heterocycles. The van der Waals surface area contributed by atoms with E-state index in [1.807, 2.05) is 9.80 Å². The molecule has 232 valence electrons. The Balaban J connectivity index is 1.12. The molecule has 13 nitrogen and oxygen atoms in total. The van der Waals surface area contributed by atoms with Gasteiger partial charge in [0, 0.05) is 67.6 Å². The number of nitrogens with two attached hydrogens (primary N) is 4. The fourth-order valence-electron chi connectivity index (χ4n) is 8.88. The zero-order chi connectivity index (χ0) is 29.9. The van der Waals surface area contributed by atoms with E-state index in [1.165, 1.54) is 25.3 Å². The van der Waals surface area contributed by atoms with Crippen LogP contribution in [-0.4, -0.2) is 81.9 Å². The van der Waals surface area contributed by atoms with Crippen molar-refractivity contribution in [1.29, 1.82) is 0 Å². The van der Waals surface area contributed by atoms with Crippen molar-refractivity contribution in [3.05, 3.63) is 23.8 Å². The van der Waals surface area contributed by atoms with Gasteiger partial charge in [-0.2, -0.15) is 15.0 Å². The molecule has 4 atom stereocenters. The maximum atomic E-state index is 13.4. The average molecular weight is 592 g/mol. The summed E-state index contributed by atoms with van der Waals surface area (Å²) in [5.74, 6) is 3.06. The van der Waals surface area contributed by atoms with Gasteiger partial charge in [-0.05, 0) is 81.3 Å². The van der Waals surface area contributed by atoms with E-state index in [9.17, 15) is 9.90 Å². The number of amides is 1. The largest absolute Gasteiger partial charge is 0.507 e. The summed E-state index contributed by atoms with van der Waals surface area (Å²) < 4.78 is 0. The summed E-state index contributed by atoms with van der Waals surface area (Å²) in [6.45, 7) is 2.29. The number of piperidine rings is 2. The van der Waals surface area contributed by atoms with Gasteiger partial charge in [0.15, 0.2) is 0 Å². The van der Waals surface area contributed by atoms with Crippen molar-refractivity contribution in [2.45, 2.75) is 81.1 Å². The molecule has 1 aromatic carbocycles. The topological polar surface area (TPSA) is 211 Å². The molecule has 1 amide bonds. The van der Waals surface area contributed by atoms with E-state index < -0.39 is 0 Å². The summed E-state index contributed by atoms with van der Waals surface area (Å²) in [7, 11) is 0. The molecule has 0 radical (unpaired) electrons. The van der Waals surface area contributed by atoms with Crippen LogP contribution in [-0.2, 0) is 0 Å². The third-order valence-corrected chi connectivity index (χ3v) is 10.1. The van der Waals surface area contributed by atoms with E-state index in [2.05, 4.69) is 10.6 Å². The maximum absolute atomic E-state index is 13.4. The van der Waals surface area contributed by atoms with Crippen molar-refractivity contribution in [2.24, 2.45) is 40.7 Å². The Labute approximate surface area is 252 Å². The van der Waals surface area contributed by atoms with Crippen LogP contribution >= 0.6 is 0 Å². The minimum atomic E-state index is -0.216. The Hall–Kier alpha value is -3.26. The van der Waals surface area contributed by atoms with Crippen LogP contribution in [0.5, 0.6) is 5.75 Å². The van der Waals surface area contributed by atoms with Gasteiger partial charge in [-0.1, -0.05) is 0 Å². The third-order valence-electron chi connectivity index (χ3n) is 10.1. The van der Waals surface area contributed by atoms with Crippen LogP contribution in [0, 0.1) is 17.8 Å². The second kappa shape index (κ2) is 11.0. The lowest BCUT2D eigenvalue weighted by atomic mass is 9.53. The molecule has 11 N–H and O–H groups in total. The van der Waals surface area contributed by atoms with Crippen LogP contribution in [0.15, 0.2) is 18.2 Å². The molecule has 13 heteroatoms. The van der Waals surface area contributed by atoms with E-state index in [4.69, 9.17) is 37.9 Å². The normalized spacial score (nSPS) is 35.2. The zero-order valence-corrected chi connectivity index (χ0v) is 24.7. The van der Waals surface area contributed by atoms with E-state index in [0.29, 0.717) is 49.7 Å². The van der Waals surface area contributed by atoms with Gasteiger partial charge in [0.2, 0.25) is 17.8 Å². The van der Waals surface area contributed by atoms with Gasteiger partial charge >= 0.3 is 0 Å². The highest BCUT2D eigenvalue weighted by molar-refractivity contribution is 5.98. The van der Waals surface area contributed by atoms with Crippen LogP contribution in [0.25, 0.3) is 0 Å². The molecular formula is C30H45N11O2. The number of hydrogen-bond donors (Lipinski definition) is 7. The lowest BCUT2D eigenvalue weighted by molar-refractivity contribution is -0.0167. The Kier molecular flexibility index (Phi) is 7.31. The Morgan fingerprint density at radius 3 is 1.72 bits per heavy atom. The van der Waals surface area contributed by atoms with Gasteiger partial charge in [0.1, 0.15) is 5.75 Å². The Bertz CT molecular complexity index is 1270. The minimum Gasteiger partial charge on any atom is -0.507 e. The molecule has 8 rings (SSSR count). The number of carbonyl (C=O) groups excluding carboxylic acids is 1. The number of aromatic hydroxyl groups is 1. The second-order valence-corrected chi connectivity index (χ2v) is 14.1. The number of nitrogens with one attached hydrogen (secondary N) is 2. The summed E-state index contributed by atoms with van der Waals surface area (Å²) in [5, 5.41) is 17.5. The number of aromatic nitrogens is 3. The van der Waals surface area contributed by atoms with Crippen molar-refractivity contribution in [3.63, 3.8) is 0 Å². The lowest BCUT2D eigenvalue weighted by Gasteiger charge is -2.56. The predicted octanol–water partition coefficient (Wildman–Crippen LogP) is 0.749.